The summed E-state index contributed by atoms with van der Waals surface area (Å²) < 4.78 is 61.6. The molecule has 1 heterocycles. The molecule has 0 saturated carbocycles. The molecule has 1 aromatic rings. The van der Waals surface area contributed by atoms with Gasteiger partial charge >= 0.3 is 12.1 Å². The van der Waals surface area contributed by atoms with Crippen LogP contribution in [0.1, 0.15) is 28.2 Å². The molecule has 94 valence electrons. The molecular weight excluding hydrogens is 273 g/mol. The van der Waals surface area contributed by atoms with Gasteiger partial charge in [-0.15, -0.1) is 0 Å². The van der Waals surface area contributed by atoms with Crippen LogP contribution in [0, 0.1) is 0 Å². The molecule has 0 radical (unpaired) electrons. The van der Waals surface area contributed by atoms with Crippen molar-refractivity contribution in [3.8, 4) is 0 Å². The number of hydrogen-bond donors (Lipinski definition) is 1. The number of halogens is 6. The molecule has 9 heteroatoms. The van der Waals surface area contributed by atoms with Crippen molar-refractivity contribution in [1.82, 2.24) is 4.98 Å². The minimum atomic E-state index is -5.15. The van der Waals surface area contributed by atoms with E-state index in [0.29, 0.717) is 6.07 Å². The summed E-state index contributed by atoms with van der Waals surface area (Å²) in [6.45, 7) is 0. The number of carboxylic acids is 1. The summed E-state index contributed by atoms with van der Waals surface area (Å²) in [5.74, 6) is -1.95. The molecule has 0 aliphatic heterocycles. The van der Waals surface area contributed by atoms with Crippen LogP contribution in [0.5, 0.6) is 0 Å². The van der Waals surface area contributed by atoms with Crippen molar-refractivity contribution in [2.75, 3.05) is 0 Å². The van der Waals surface area contributed by atoms with E-state index in [1.54, 1.807) is 0 Å². The highest BCUT2D eigenvalue weighted by molar-refractivity contribution is 6.31. The van der Waals surface area contributed by atoms with E-state index in [0.717, 1.165) is 0 Å². The van der Waals surface area contributed by atoms with Crippen LogP contribution in [0.15, 0.2) is 6.07 Å². The minimum Gasteiger partial charge on any atom is -0.478 e. The Balaban J connectivity index is 3.54. The van der Waals surface area contributed by atoms with Crippen LogP contribution in [0.2, 0.25) is 5.02 Å². The fraction of sp³-hybridized carbons (Fsp3) is 0.250. The van der Waals surface area contributed by atoms with Gasteiger partial charge in [-0.1, -0.05) is 11.6 Å². The predicted molar refractivity (Wildman–Crippen MR) is 46.2 cm³/mol. The topological polar surface area (TPSA) is 50.2 Å². The van der Waals surface area contributed by atoms with Gasteiger partial charge in [0.1, 0.15) is 5.69 Å². The van der Waals surface area contributed by atoms with E-state index < -0.39 is 40.5 Å². The maximum absolute atomic E-state index is 12.4. The molecule has 1 aromatic heterocycles. The van der Waals surface area contributed by atoms with Crippen molar-refractivity contribution < 1.29 is 31.9 Å². The lowest BCUT2D eigenvalue weighted by molar-refractivity contribution is -0.142. The van der Waals surface area contributed by atoms with E-state index in [2.05, 4.69) is 4.98 Å². The maximum atomic E-state index is 12.4. The first-order valence-corrected chi connectivity index (χ1v) is 4.31. The molecule has 0 aromatic carbocycles. The van der Waals surface area contributed by atoms with Crippen molar-refractivity contribution in [3.63, 3.8) is 0 Å². The first-order valence-electron chi connectivity index (χ1n) is 3.93. The Bertz CT molecular complexity index is 460. The number of nitrogens with zero attached hydrogens (tertiary/aromatic N) is 1. The number of hydrogen-bond acceptors (Lipinski definition) is 2. The van der Waals surface area contributed by atoms with Crippen LogP contribution in [0.4, 0.5) is 22.0 Å². The van der Waals surface area contributed by atoms with E-state index >= 15 is 0 Å². The molecule has 0 atom stereocenters. The lowest BCUT2D eigenvalue weighted by atomic mass is 10.1. The highest BCUT2D eigenvalue weighted by Crippen LogP contribution is 2.35. The zero-order chi connectivity index (χ0) is 13.4. The van der Waals surface area contributed by atoms with Crippen LogP contribution >= 0.6 is 11.6 Å². The Labute approximate surface area is 95.8 Å². The van der Waals surface area contributed by atoms with E-state index in [1.165, 1.54) is 0 Å². The van der Waals surface area contributed by atoms with Gasteiger partial charge in [0.2, 0.25) is 0 Å². The monoisotopic (exact) mass is 275 g/mol. The Morgan fingerprint density at radius 2 is 1.94 bits per heavy atom. The zero-order valence-electron chi connectivity index (χ0n) is 7.73. The summed E-state index contributed by atoms with van der Waals surface area (Å²) >= 11 is 5.22. The number of alkyl halides is 5. The first kappa shape index (κ1) is 13.6. The van der Waals surface area contributed by atoms with E-state index in [1.807, 2.05) is 0 Å². The summed E-state index contributed by atoms with van der Waals surface area (Å²) in [4.78, 5) is 13.1. The van der Waals surface area contributed by atoms with Gasteiger partial charge in [0, 0.05) is 0 Å². The highest BCUT2D eigenvalue weighted by atomic mass is 35.5. The summed E-state index contributed by atoms with van der Waals surface area (Å²) in [5, 5.41) is 7.67. The van der Waals surface area contributed by atoms with E-state index in [9.17, 15) is 26.7 Å². The van der Waals surface area contributed by atoms with Gasteiger partial charge in [0.25, 0.3) is 6.43 Å². The summed E-state index contributed by atoms with van der Waals surface area (Å²) in [5.41, 5.74) is -4.47. The minimum absolute atomic E-state index is 0.307. The molecule has 0 unspecified atom stereocenters. The van der Waals surface area contributed by atoms with Gasteiger partial charge in [-0.05, 0) is 6.07 Å². The largest absolute Gasteiger partial charge is 0.478 e. The molecule has 0 aliphatic carbocycles. The summed E-state index contributed by atoms with van der Waals surface area (Å²) in [6.07, 6.45) is -8.48. The maximum Gasteiger partial charge on any atom is 0.434 e. The van der Waals surface area contributed by atoms with Crippen molar-refractivity contribution in [2.45, 2.75) is 12.6 Å². The zero-order valence-corrected chi connectivity index (χ0v) is 8.48. The van der Waals surface area contributed by atoms with Crippen molar-refractivity contribution in [1.29, 1.82) is 0 Å². The van der Waals surface area contributed by atoms with Crippen LogP contribution in [-0.4, -0.2) is 16.1 Å². The van der Waals surface area contributed by atoms with Crippen LogP contribution in [0.3, 0.4) is 0 Å². The van der Waals surface area contributed by atoms with Crippen molar-refractivity contribution in [2.24, 2.45) is 0 Å². The fourth-order valence-corrected chi connectivity index (χ4v) is 1.27. The normalized spacial score (nSPS) is 11.9. The molecule has 17 heavy (non-hydrogen) atoms. The van der Waals surface area contributed by atoms with Gasteiger partial charge in [-0.2, -0.15) is 13.2 Å². The number of aromatic nitrogens is 1. The molecule has 0 saturated heterocycles. The van der Waals surface area contributed by atoms with Crippen molar-refractivity contribution in [3.05, 3.63) is 28.0 Å². The second-order valence-corrected chi connectivity index (χ2v) is 3.26. The Hall–Kier alpha value is -1.44. The third-order valence-corrected chi connectivity index (χ3v) is 2.01. The van der Waals surface area contributed by atoms with Gasteiger partial charge in [0.05, 0.1) is 10.6 Å². The number of carbonyl (C=O) groups is 1. The van der Waals surface area contributed by atoms with Gasteiger partial charge in [0.15, 0.2) is 5.69 Å². The molecule has 1 N–H and O–H groups in total. The lowest BCUT2D eigenvalue weighted by Gasteiger charge is -2.12. The molecule has 0 bridgehead atoms. The molecular formula is C8H3ClF5NO2. The smallest absolute Gasteiger partial charge is 0.434 e. The molecule has 0 fully saturated rings. The number of rotatable bonds is 2. The standard InChI is InChI=1S/C8H3ClF5NO2/c9-3-1-2(7(16)17)5(8(12,13)14)15-4(3)6(10)11/h1,6H,(H,16,17). The van der Waals surface area contributed by atoms with E-state index in [4.69, 9.17) is 16.7 Å². The number of pyridine rings is 1. The average molecular weight is 276 g/mol. The second kappa shape index (κ2) is 4.44. The summed E-state index contributed by atoms with van der Waals surface area (Å²) in [6, 6.07) is 0.307. The van der Waals surface area contributed by atoms with Gasteiger partial charge in [-0.25, -0.2) is 18.6 Å². The third kappa shape index (κ3) is 2.82. The first-order chi connectivity index (χ1) is 7.64. The number of carboxylic acid groups (broad SMARTS) is 1. The predicted octanol–water partition coefficient (Wildman–Crippen LogP) is 3.39. The van der Waals surface area contributed by atoms with Gasteiger partial charge < -0.3 is 5.11 Å². The summed E-state index contributed by atoms with van der Waals surface area (Å²) in [7, 11) is 0. The lowest BCUT2D eigenvalue weighted by Crippen LogP contribution is -2.17. The van der Waals surface area contributed by atoms with Crippen LogP contribution in [0.25, 0.3) is 0 Å². The van der Waals surface area contributed by atoms with E-state index in [-0.39, 0.29) is 0 Å². The molecule has 0 amide bonds. The number of aromatic carboxylic acids is 1. The molecule has 0 spiro atoms. The highest BCUT2D eigenvalue weighted by Gasteiger charge is 2.39. The SMILES string of the molecule is O=C(O)c1cc(Cl)c(C(F)F)nc1C(F)(F)F. The molecule has 3 nitrogen and oxygen atoms in total. The quantitative estimate of drug-likeness (QED) is 0.842. The third-order valence-electron chi connectivity index (χ3n) is 1.71. The Morgan fingerprint density at radius 1 is 1.41 bits per heavy atom. The average Bonchev–Trinajstić information content (AvgIpc) is 2.14. The fourth-order valence-electron chi connectivity index (χ4n) is 1.04. The Morgan fingerprint density at radius 3 is 2.29 bits per heavy atom. The Kier molecular flexibility index (Phi) is 3.56. The van der Waals surface area contributed by atoms with Crippen LogP contribution < -0.4 is 0 Å². The molecule has 0 aliphatic rings. The second-order valence-electron chi connectivity index (χ2n) is 2.86. The van der Waals surface area contributed by atoms with Crippen molar-refractivity contribution >= 4 is 17.6 Å². The molecule has 1 rings (SSSR count). The van der Waals surface area contributed by atoms with Gasteiger partial charge in [-0.3, -0.25) is 0 Å². The van der Waals surface area contributed by atoms with Crippen LogP contribution in [-0.2, 0) is 6.18 Å².